The van der Waals surface area contributed by atoms with Crippen LogP contribution in [0.15, 0.2) is 12.1 Å². The predicted octanol–water partition coefficient (Wildman–Crippen LogP) is 0.764. The Labute approximate surface area is 112 Å². The minimum absolute atomic E-state index is 0.247. The molecule has 0 radical (unpaired) electrons. The molecule has 0 saturated carbocycles. The highest BCUT2D eigenvalue weighted by molar-refractivity contribution is 5.68. The summed E-state index contributed by atoms with van der Waals surface area (Å²) in [6, 6.07) is 3.64. The van der Waals surface area contributed by atoms with Gasteiger partial charge in [-0.05, 0) is 13.0 Å². The molecule has 104 valence electrons. The molecule has 0 N–H and O–H groups in total. The van der Waals surface area contributed by atoms with Crippen molar-refractivity contribution in [2.24, 2.45) is 0 Å². The van der Waals surface area contributed by atoms with Crippen molar-refractivity contribution in [3.63, 3.8) is 0 Å². The molecule has 0 atom stereocenters. The van der Waals surface area contributed by atoms with Crippen LogP contribution in [0.1, 0.15) is 6.92 Å². The quantitative estimate of drug-likeness (QED) is 0.804. The predicted molar refractivity (Wildman–Crippen MR) is 69.4 cm³/mol. The van der Waals surface area contributed by atoms with Gasteiger partial charge in [0.25, 0.3) is 0 Å². The summed E-state index contributed by atoms with van der Waals surface area (Å²) in [6.45, 7) is 4.92. The lowest BCUT2D eigenvalue weighted by Gasteiger charge is -2.34. The number of ether oxygens (including phenoxy) is 2. The molecule has 19 heavy (non-hydrogen) atoms. The van der Waals surface area contributed by atoms with Crippen LogP contribution < -0.4 is 9.64 Å². The summed E-state index contributed by atoms with van der Waals surface area (Å²) in [5.74, 6) is 1.29. The monoisotopic (exact) mass is 266 g/mol. The third-order valence-corrected chi connectivity index (χ3v) is 2.96. The van der Waals surface area contributed by atoms with Crippen molar-refractivity contribution in [2.75, 3.05) is 44.8 Å². The number of hydrogen-bond acceptors (Lipinski definition) is 6. The second-order valence-corrected chi connectivity index (χ2v) is 4.11. The Balaban J connectivity index is 1.90. The van der Waals surface area contributed by atoms with Crippen LogP contribution in [-0.2, 0) is 4.74 Å². The number of methoxy groups -OCH3 is 1. The van der Waals surface area contributed by atoms with Crippen molar-refractivity contribution in [1.82, 2.24) is 15.1 Å². The van der Waals surface area contributed by atoms with E-state index in [2.05, 4.69) is 15.1 Å². The standard InChI is InChI=1S/C12H18N4O3/c1-3-19-12(17)16-8-6-15(7-9-16)10-4-5-11(18-2)14-13-10/h4-5H,3,6-9H2,1-2H3. The van der Waals surface area contributed by atoms with Gasteiger partial charge in [-0.25, -0.2) is 4.79 Å². The number of nitrogens with zero attached hydrogens (tertiary/aromatic N) is 4. The molecule has 2 heterocycles. The average molecular weight is 266 g/mol. The molecule has 1 fully saturated rings. The number of rotatable bonds is 3. The van der Waals surface area contributed by atoms with E-state index < -0.39 is 0 Å². The van der Waals surface area contributed by atoms with Crippen LogP contribution in [0.25, 0.3) is 0 Å². The number of carbonyl (C=O) groups excluding carboxylic acids is 1. The Morgan fingerprint density at radius 3 is 2.53 bits per heavy atom. The van der Waals surface area contributed by atoms with Crippen molar-refractivity contribution in [1.29, 1.82) is 0 Å². The summed E-state index contributed by atoms with van der Waals surface area (Å²) in [6.07, 6.45) is -0.247. The van der Waals surface area contributed by atoms with E-state index >= 15 is 0 Å². The van der Waals surface area contributed by atoms with Gasteiger partial charge in [-0.2, -0.15) is 0 Å². The van der Waals surface area contributed by atoms with E-state index in [9.17, 15) is 4.79 Å². The number of hydrogen-bond donors (Lipinski definition) is 0. The zero-order valence-electron chi connectivity index (χ0n) is 11.2. The minimum atomic E-state index is -0.247. The summed E-state index contributed by atoms with van der Waals surface area (Å²) < 4.78 is 9.95. The van der Waals surface area contributed by atoms with E-state index in [0.717, 1.165) is 18.9 Å². The third-order valence-electron chi connectivity index (χ3n) is 2.96. The number of aromatic nitrogens is 2. The van der Waals surface area contributed by atoms with Crippen molar-refractivity contribution in [2.45, 2.75) is 6.92 Å². The SMILES string of the molecule is CCOC(=O)N1CCN(c2ccc(OC)nn2)CC1. The van der Waals surface area contributed by atoms with Gasteiger partial charge >= 0.3 is 6.09 Å². The topological polar surface area (TPSA) is 67.8 Å². The lowest BCUT2D eigenvalue weighted by molar-refractivity contribution is 0.105. The summed E-state index contributed by atoms with van der Waals surface area (Å²) in [5.41, 5.74) is 0. The highest BCUT2D eigenvalue weighted by Gasteiger charge is 2.22. The zero-order chi connectivity index (χ0) is 13.7. The summed E-state index contributed by atoms with van der Waals surface area (Å²) in [4.78, 5) is 15.4. The smallest absolute Gasteiger partial charge is 0.409 e. The van der Waals surface area contributed by atoms with Crippen LogP contribution in [0.5, 0.6) is 5.88 Å². The van der Waals surface area contributed by atoms with Gasteiger partial charge in [0.2, 0.25) is 5.88 Å². The first-order valence-corrected chi connectivity index (χ1v) is 6.29. The molecule has 0 bridgehead atoms. The third kappa shape index (κ3) is 3.24. The van der Waals surface area contributed by atoms with E-state index in [1.54, 1.807) is 25.0 Å². The van der Waals surface area contributed by atoms with Crippen LogP contribution in [0.2, 0.25) is 0 Å². The lowest BCUT2D eigenvalue weighted by atomic mass is 10.3. The van der Waals surface area contributed by atoms with E-state index in [-0.39, 0.29) is 6.09 Å². The Hall–Kier alpha value is -2.05. The molecule has 1 aromatic heterocycles. The number of carbonyl (C=O) groups is 1. The first-order chi connectivity index (χ1) is 9.24. The Kier molecular flexibility index (Phi) is 4.38. The highest BCUT2D eigenvalue weighted by Crippen LogP contribution is 2.15. The van der Waals surface area contributed by atoms with Gasteiger partial charge in [0.05, 0.1) is 13.7 Å². The number of anilines is 1. The average Bonchev–Trinajstić information content (AvgIpc) is 2.48. The van der Waals surface area contributed by atoms with Crippen molar-refractivity contribution in [3.05, 3.63) is 12.1 Å². The van der Waals surface area contributed by atoms with Crippen LogP contribution in [0, 0.1) is 0 Å². The largest absolute Gasteiger partial charge is 0.480 e. The molecular weight excluding hydrogens is 248 g/mol. The summed E-state index contributed by atoms with van der Waals surface area (Å²) >= 11 is 0. The Morgan fingerprint density at radius 2 is 2.00 bits per heavy atom. The Morgan fingerprint density at radius 1 is 1.26 bits per heavy atom. The maximum absolute atomic E-state index is 11.6. The molecule has 7 heteroatoms. The fraction of sp³-hybridized carbons (Fsp3) is 0.583. The molecular formula is C12H18N4O3. The molecule has 1 aromatic rings. The summed E-state index contributed by atoms with van der Waals surface area (Å²) in [5, 5.41) is 8.03. The van der Waals surface area contributed by atoms with E-state index in [1.165, 1.54) is 0 Å². The molecule has 1 amide bonds. The van der Waals surface area contributed by atoms with Gasteiger partial charge < -0.3 is 19.3 Å². The van der Waals surface area contributed by atoms with E-state index in [4.69, 9.17) is 9.47 Å². The molecule has 0 aromatic carbocycles. The number of amides is 1. The van der Waals surface area contributed by atoms with Gasteiger partial charge in [0.15, 0.2) is 5.82 Å². The van der Waals surface area contributed by atoms with Crippen LogP contribution in [0.4, 0.5) is 10.6 Å². The van der Waals surface area contributed by atoms with Gasteiger partial charge in [0.1, 0.15) is 0 Å². The molecule has 0 unspecified atom stereocenters. The van der Waals surface area contributed by atoms with Gasteiger partial charge in [-0.15, -0.1) is 10.2 Å². The molecule has 2 rings (SSSR count). The van der Waals surface area contributed by atoms with E-state index in [0.29, 0.717) is 25.6 Å². The molecule has 1 aliphatic rings. The van der Waals surface area contributed by atoms with Crippen LogP contribution >= 0.6 is 0 Å². The van der Waals surface area contributed by atoms with Gasteiger partial charge in [-0.1, -0.05) is 0 Å². The van der Waals surface area contributed by atoms with Crippen LogP contribution in [-0.4, -0.2) is 61.1 Å². The molecule has 0 spiro atoms. The maximum Gasteiger partial charge on any atom is 0.409 e. The maximum atomic E-state index is 11.6. The van der Waals surface area contributed by atoms with E-state index in [1.807, 2.05) is 6.07 Å². The van der Waals surface area contributed by atoms with Crippen molar-refractivity contribution in [3.8, 4) is 5.88 Å². The molecule has 1 saturated heterocycles. The second-order valence-electron chi connectivity index (χ2n) is 4.11. The van der Waals surface area contributed by atoms with Crippen molar-refractivity contribution >= 4 is 11.9 Å². The molecule has 0 aliphatic carbocycles. The highest BCUT2D eigenvalue weighted by atomic mass is 16.6. The Bertz CT molecular complexity index is 415. The first kappa shape index (κ1) is 13.4. The number of piperazine rings is 1. The molecule has 7 nitrogen and oxygen atoms in total. The summed E-state index contributed by atoms with van der Waals surface area (Å²) in [7, 11) is 1.56. The van der Waals surface area contributed by atoms with Gasteiger partial charge in [-0.3, -0.25) is 0 Å². The zero-order valence-corrected chi connectivity index (χ0v) is 11.2. The normalized spacial score (nSPS) is 15.3. The first-order valence-electron chi connectivity index (χ1n) is 6.29. The fourth-order valence-electron chi connectivity index (χ4n) is 1.92. The van der Waals surface area contributed by atoms with Gasteiger partial charge in [0, 0.05) is 32.2 Å². The second kappa shape index (κ2) is 6.21. The lowest BCUT2D eigenvalue weighted by Crippen LogP contribution is -2.49. The fourth-order valence-corrected chi connectivity index (χ4v) is 1.92. The minimum Gasteiger partial charge on any atom is -0.480 e. The molecule has 1 aliphatic heterocycles. The van der Waals surface area contributed by atoms with Crippen molar-refractivity contribution < 1.29 is 14.3 Å². The van der Waals surface area contributed by atoms with Crippen LogP contribution in [0.3, 0.4) is 0 Å².